The predicted molar refractivity (Wildman–Crippen MR) is 120 cm³/mol. The van der Waals surface area contributed by atoms with E-state index in [0.717, 1.165) is 36.1 Å². The minimum Gasteiger partial charge on any atom is -0.493 e. The highest BCUT2D eigenvalue weighted by Crippen LogP contribution is 2.40. The van der Waals surface area contributed by atoms with Crippen LogP contribution in [0.2, 0.25) is 0 Å². The van der Waals surface area contributed by atoms with Gasteiger partial charge in [-0.25, -0.2) is 0 Å². The summed E-state index contributed by atoms with van der Waals surface area (Å²) in [6.45, 7) is 4.16. The van der Waals surface area contributed by atoms with Crippen LogP contribution in [0.15, 0.2) is 48.7 Å². The van der Waals surface area contributed by atoms with Crippen molar-refractivity contribution in [3.05, 3.63) is 54.2 Å². The highest BCUT2D eigenvalue weighted by Gasteiger charge is 2.24. The first kappa shape index (κ1) is 21.1. The highest BCUT2D eigenvalue weighted by molar-refractivity contribution is 5.83. The fraction of sp³-hybridized carbons (Fsp3) is 0.375. The van der Waals surface area contributed by atoms with Gasteiger partial charge in [0.1, 0.15) is 6.54 Å². The Balaban J connectivity index is 1.37. The number of fused-ring (bicyclic) bond motifs is 1. The molecule has 2 heterocycles. The minimum absolute atomic E-state index is 0.157. The summed E-state index contributed by atoms with van der Waals surface area (Å²) >= 11 is 0. The summed E-state index contributed by atoms with van der Waals surface area (Å²) in [5.41, 5.74) is 2.13. The third-order valence-electron chi connectivity index (χ3n) is 5.89. The summed E-state index contributed by atoms with van der Waals surface area (Å²) in [5.74, 6) is 2.11. The number of carbonyl (C=O) groups is 1. The van der Waals surface area contributed by atoms with E-state index in [1.54, 1.807) is 21.3 Å². The fourth-order valence-electron chi connectivity index (χ4n) is 4.21. The maximum absolute atomic E-state index is 12.9. The third-order valence-corrected chi connectivity index (χ3v) is 5.89. The number of ether oxygens (including phenoxy) is 3. The molecule has 0 spiro atoms. The quantitative estimate of drug-likeness (QED) is 0.585. The van der Waals surface area contributed by atoms with Crippen molar-refractivity contribution >= 4 is 16.8 Å². The smallest absolute Gasteiger partial charge is 0.242 e. The number of para-hydroxylation sites is 1. The molecule has 1 aliphatic heterocycles. The Kier molecular flexibility index (Phi) is 6.32. The van der Waals surface area contributed by atoms with Crippen LogP contribution in [0, 0.1) is 0 Å². The molecule has 0 atom stereocenters. The van der Waals surface area contributed by atoms with Crippen molar-refractivity contribution in [1.29, 1.82) is 0 Å². The summed E-state index contributed by atoms with van der Waals surface area (Å²) in [5, 5.41) is 1.16. The Morgan fingerprint density at radius 2 is 1.61 bits per heavy atom. The molecule has 0 aliphatic carbocycles. The summed E-state index contributed by atoms with van der Waals surface area (Å²) < 4.78 is 18.5. The van der Waals surface area contributed by atoms with Crippen molar-refractivity contribution in [3.63, 3.8) is 0 Å². The maximum Gasteiger partial charge on any atom is 0.242 e. The van der Waals surface area contributed by atoms with Crippen LogP contribution in [0.5, 0.6) is 17.2 Å². The molecule has 1 saturated heterocycles. The highest BCUT2D eigenvalue weighted by atomic mass is 16.5. The molecule has 0 bridgehead atoms. The van der Waals surface area contributed by atoms with Gasteiger partial charge in [-0.15, -0.1) is 0 Å². The first-order valence-corrected chi connectivity index (χ1v) is 10.5. The molecule has 0 radical (unpaired) electrons. The van der Waals surface area contributed by atoms with Crippen LogP contribution in [-0.2, 0) is 17.9 Å². The van der Waals surface area contributed by atoms with Crippen LogP contribution < -0.4 is 14.2 Å². The molecular formula is C24H29N3O4. The van der Waals surface area contributed by atoms with Gasteiger partial charge >= 0.3 is 0 Å². The molecule has 3 aromatic rings. The molecule has 0 saturated carbocycles. The second-order valence-corrected chi connectivity index (χ2v) is 7.65. The number of piperazine rings is 1. The molecule has 164 valence electrons. The van der Waals surface area contributed by atoms with Crippen LogP contribution in [0.3, 0.4) is 0 Å². The van der Waals surface area contributed by atoms with Crippen LogP contribution in [-0.4, -0.2) is 67.8 Å². The van der Waals surface area contributed by atoms with Gasteiger partial charge in [0.05, 0.1) is 21.3 Å². The number of amides is 1. The van der Waals surface area contributed by atoms with Gasteiger partial charge in [-0.05, 0) is 23.6 Å². The molecule has 0 N–H and O–H groups in total. The SMILES string of the molecule is COc1ccc(CN2CCN(C(=O)Cn3ccc4ccccc43)CC2)c(OC)c1OC. The van der Waals surface area contributed by atoms with E-state index >= 15 is 0 Å². The summed E-state index contributed by atoms with van der Waals surface area (Å²) in [6.07, 6.45) is 1.99. The third kappa shape index (κ3) is 4.32. The molecule has 0 unspecified atom stereocenters. The molecule has 1 amide bonds. The molecule has 4 rings (SSSR count). The summed E-state index contributed by atoms with van der Waals surface area (Å²) in [7, 11) is 4.87. The van der Waals surface area contributed by atoms with E-state index in [0.29, 0.717) is 36.9 Å². The van der Waals surface area contributed by atoms with Crippen LogP contribution >= 0.6 is 0 Å². The first-order valence-electron chi connectivity index (χ1n) is 10.5. The van der Waals surface area contributed by atoms with Crippen LogP contribution in [0.1, 0.15) is 5.56 Å². The molecule has 1 fully saturated rings. The van der Waals surface area contributed by atoms with Gasteiger partial charge in [0.2, 0.25) is 11.7 Å². The standard InChI is InChI=1S/C24H29N3O4/c1-29-21-9-8-19(23(30-2)24(21)31-3)16-25-12-14-26(15-13-25)22(28)17-27-11-10-18-6-4-5-7-20(18)27/h4-11H,12-17H2,1-3H3. The van der Waals surface area contributed by atoms with Gasteiger partial charge in [0.15, 0.2) is 11.5 Å². The lowest BCUT2D eigenvalue weighted by Crippen LogP contribution is -2.49. The largest absolute Gasteiger partial charge is 0.493 e. The number of nitrogens with zero attached hydrogens (tertiary/aromatic N) is 3. The van der Waals surface area contributed by atoms with Crippen molar-refractivity contribution in [2.45, 2.75) is 13.1 Å². The van der Waals surface area contributed by atoms with Gasteiger partial charge in [0.25, 0.3) is 0 Å². The number of carbonyl (C=O) groups excluding carboxylic acids is 1. The molecular weight excluding hydrogens is 394 g/mol. The summed E-state index contributed by atoms with van der Waals surface area (Å²) in [6, 6.07) is 14.1. The number of methoxy groups -OCH3 is 3. The molecule has 7 heteroatoms. The van der Waals surface area contributed by atoms with Crippen molar-refractivity contribution in [2.75, 3.05) is 47.5 Å². The van der Waals surface area contributed by atoms with E-state index in [2.05, 4.69) is 23.1 Å². The minimum atomic E-state index is 0.157. The lowest BCUT2D eigenvalue weighted by atomic mass is 10.1. The normalized spacial score (nSPS) is 14.6. The zero-order valence-corrected chi connectivity index (χ0v) is 18.3. The molecule has 1 aliphatic rings. The van der Waals surface area contributed by atoms with Gasteiger partial charge in [-0.1, -0.05) is 24.3 Å². The monoisotopic (exact) mass is 423 g/mol. The number of hydrogen-bond acceptors (Lipinski definition) is 5. The van der Waals surface area contributed by atoms with E-state index in [9.17, 15) is 4.79 Å². The van der Waals surface area contributed by atoms with E-state index in [1.165, 1.54) is 0 Å². The topological polar surface area (TPSA) is 56.2 Å². The number of benzene rings is 2. The Morgan fingerprint density at radius 3 is 2.32 bits per heavy atom. The van der Waals surface area contributed by atoms with Gasteiger partial charge < -0.3 is 23.7 Å². The average molecular weight is 424 g/mol. The predicted octanol–water partition coefficient (Wildman–Crippen LogP) is 3.01. The van der Waals surface area contributed by atoms with E-state index in [1.807, 2.05) is 39.9 Å². The zero-order valence-electron chi connectivity index (χ0n) is 18.3. The number of hydrogen-bond donors (Lipinski definition) is 0. The number of rotatable bonds is 7. The Bertz CT molecular complexity index is 1050. The lowest BCUT2D eigenvalue weighted by molar-refractivity contribution is -0.133. The number of aromatic nitrogens is 1. The Morgan fingerprint density at radius 1 is 0.871 bits per heavy atom. The second-order valence-electron chi connectivity index (χ2n) is 7.65. The molecule has 7 nitrogen and oxygen atoms in total. The van der Waals surface area contributed by atoms with Crippen molar-refractivity contribution < 1.29 is 19.0 Å². The second kappa shape index (κ2) is 9.31. The first-order chi connectivity index (χ1) is 15.1. The maximum atomic E-state index is 12.9. The molecule has 1 aromatic heterocycles. The van der Waals surface area contributed by atoms with Crippen LogP contribution in [0.4, 0.5) is 0 Å². The van der Waals surface area contributed by atoms with E-state index < -0.39 is 0 Å². The van der Waals surface area contributed by atoms with Crippen molar-refractivity contribution in [3.8, 4) is 17.2 Å². The van der Waals surface area contributed by atoms with Gasteiger partial charge in [-0.3, -0.25) is 9.69 Å². The van der Waals surface area contributed by atoms with Crippen molar-refractivity contribution in [1.82, 2.24) is 14.4 Å². The molecule has 2 aromatic carbocycles. The molecule has 31 heavy (non-hydrogen) atoms. The Hall–Kier alpha value is -3.19. The summed E-state index contributed by atoms with van der Waals surface area (Å²) in [4.78, 5) is 17.2. The average Bonchev–Trinajstić information content (AvgIpc) is 3.21. The lowest BCUT2D eigenvalue weighted by Gasteiger charge is -2.35. The van der Waals surface area contributed by atoms with Gasteiger partial charge in [0, 0.05) is 50.0 Å². The van der Waals surface area contributed by atoms with E-state index in [-0.39, 0.29) is 5.91 Å². The Labute approximate surface area is 182 Å². The zero-order chi connectivity index (χ0) is 21.8. The van der Waals surface area contributed by atoms with Crippen LogP contribution in [0.25, 0.3) is 10.9 Å². The van der Waals surface area contributed by atoms with Gasteiger partial charge in [-0.2, -0.15) is 0 Å². The van der Waals surface area contributed by atoms with E-state index in [4.69, 9.17) is 14.2 Å². The van der Waals surface area contributed by atoms with Crippen molar-refractivity contribution in [2.24, 2.45) is 0 Å². The fourth-order valence-corrected chi connectivity index (χ4v) is 4.21.